The summed E-state index contributed by atoms with van der Waals surface area (Å²) < 4.78 is 6.66. The van der Waals surface area contributed by atoms with Crippen LogP contribution in [0.2, 0.25) is 5.15 Å². The molecule has 0 amide bonds. The zero-order chi connectivity index (χ0) is 9.26. The molecule has 2 aromatic heterocycles. The van der Waals surface area contributed by atoms with Crippen molar-refractivity contribution < 1.29 is 4.74 Å². The van der Waals surface area contributed by atoms with Crippen LogP contribution in [0, 0.1) is 0 Å². The van der Waals surface area contributed by atoms with Gasteiger partial charge in [0.05, 0.1) is 13.3 Å². The third kappa shape index (κ3) is 1.43. The quantitative estimate of drug-likeness (QED) is 0.769. The Morgan fingerprint density at radius 1 is 1.62 bits per heavy atom. The van der Waals surface area contributed by atoms with Crippen molar-refractivity contribution in [2.24, 2.45) is 0 Å². The molecule has 0 saturated carbocycles. The molecular formula is C8H7ClN2OS. The number of hydrogen-bond acceptors (Lipinski definition) is 3. The van der Waals surface area contributed by atoms with Gasteiger partial charge in [-0.2, -0.15) is 5.10 Å². The van der Waals surface area contributed by atoms with Crippen molar-refractivity contribution in [3.05, 3.63) is 28.9 Å². The van der Waals surface area contributed by atoms with E-state index in [0.717, 1.165) is 5.00 Å². The van der Waals surface area contributed by atoms with Gasteiger partial charge in [-0.1, -0.05) is 11.6 Å². The van der Waals surface area contributed by atoms with Crippen molar-refractivity contribution in [1.29, 1.82) is 0 Å². The third-order valence-electron chi connectivity index (χ3n) is 1.61. The van der Waals surface area contributed by atoms with Gasteiger partial charge >= 0.3 is 0 Å². The van der Waals surface area contributed by atoms with E-state index in [0.29, 0.717) is 10.9 Å². The van der Waals surface area contributed by atoms with E-state index in [1.165, 1.54) is 0 Å². The summed E-state index contributed by atoms with van der Waals surface area (Å²) in [5.41, 5.74) is 0. The Bertz CT molecular complexity index is 396. The van der Waals surface area contributed by atoms with Gasteiger partial charge in [0.25, 0.3) is 0 Å². The van der Waals surface area contributed by atoms with E-state index >= 15 is 0 Å². The van der Waals surface area contributed by atoms with Crippen LogP contribution in [0.25, 0.3) is 5.00 Å². The van der Waals surface area contributed by atoms with Gasteiger partial charge in [0.15, 0.2) is 10.9 Å². The maximum Gasteiger partial charge on any atom is 0.176 e. The zero-order valence-corrected chi connectivity index (χ0v) is 8.47. The molecule has 0 N–H and O–H groups in total. The van der Waals surface area contributed by atoms with Crippen LogP contribution in [0.4, 0.5) is 0 Å². The number of methoxy groups -OCH3 is 1. The second-order valence-electron chi connectivity index (χ2n) is 2.37. The Balaban J connectivity index is 2.48. The fourth-order valence-electron chi connectivity index (χ4n) is 0.999. The maximum absolute atomic E-state index is 6.00. The van der Waals surface area contributed by atoms with Gasteiger partial charge in [-0.15, -0.1) is 11.3 Å². The highest BCUT2D eigenvalue weighted by atomic mass is 35.5. The number of aromatic nitrogens is 2. The van der Waals surface area contributed by atoms with Gasteiger partial charge in [-0.05, 0) is 17.5 Å². The van der Waals surface area contributed by atoms with Crippen LogP contribution in [0.5, 0.6) is 5.75 Å². The highest BCUT2D eigenvalue weighted by molar-refractivity contribution is 7.12. The minimum atomic E-state index is 0.505. The van der Waals surface area contributed by atoms with Gasteiger partial charge in [-0.25, -0.2) is 4.68 Å². The lowest BCUT2D eigenvalue weighted by atomic mass is 10.6. The van der Waals surface area contributed by atoms with Crippen LogP contribution in [-0.2, 0) is 0 Å². The summed E-state index contributed by atoms with van der Waals surface area (Å²) in [7, 11) is 1.57. The number of hydrogen-bond donors (Lipinski definition) is 0. The average molecular weight is 215 g/mol. The first kappa shape index (κ1) is 8.59. The average Bonchev–Trinajstić information content (AvgIpc) is 2.72. The molecule has 0 aliphatic rings. The van der Waals surface area contributed by atoms with Crippen LogP contribution < -0.4 is 4.74 Å². The molecule has 2 rings (SSSR count). The Morgan fingerprint density at radius 2 is 2.46 bits per heavy atom. The van der Waals surface area contributed by atoms with E-state index in [1.54, 1.807) is 29.3 Å². The molecule has 0 saturated heterocycles. The van der Waals surface area contributed by atoms with E-state index in [-0.39, 0.29) is 0 Å². The SMILES string of the molecule is COc1cnn(-c2cccs2)c1Cl. The molecule has 2 heterocycles. The molecular weight excluding hydrogens is 208 g/mol. The highest BCUT2D eigenvalue weighted by Crippen LogP contribution is 2.27. The van der Waals surface area contributed by atoms with Crippen molar-refractivity contribution in [1.82, 2.24) is 9.78 Å². The summed E-state index contributed by atoms with van der Waals surface area (Å²) in [5.74, 6) is 0.593. The minimum absolute atomic E-state index is 0.505. The number of ether oxygens (including phenoxy) is 1. The number of nitrogens with zero attached hydrogens (tertiary/aromatic N) is 2. The van der Waals surface area contributed by atoms with Crippen LogP contribution in [-0.4, -0.2) is 16.9 Å². The molecule has 2 aromatic rings. The number of thiophene rings is 1. The Labute approximate surface area is 84.5 Å². The van der Waals surface area contributed by atoms with Crippen LogP contribution in [0.15, 0.2) is 23.7 Å². The summed E-state index contributed by atoms with van der Waals surface area (Å²) in [6, 6.07) is 3.90. The zero-order valence-electron chi connectivity index (χ0n) is 6.90. The van der Waals surface area contributed by atoms with Gasteiger partial charge in [0.1, 0.15) is 5.00 Å². The molecule has 0 aliphatic carbocycles. The smallest absolute Gasteiger partial charge is 0.176 e. The lowest BCUT2D eigenvalue weighted by Crippen LogP contribution is -1.92. The predicted molar refractivity (Wildman–Crippen MR) is 53.0 cm³/mol. The topological polar surface area (TPSA) is 27.1 Å². The minimum Gasteiger partial charge on any atom is -0.492 e. The second kappa shape index (κ2) is 3.40. The Kier molecular flexibility index (Phi) is 2.24. The van der Waals surface area contributed by atoms with Crippen molar-refractivity contribution in [2.75, 3.05) is 7.11 Å². The first-order chi connectivity index (χ1) is 6.33. The lowest BCUT2D eigenvalue weighted by Gasteiger charge is -1.98. The van der Waals surface area contributed by atoms with Gasteiger partial charge in [-0.3, -0.25) is 0 Å². The normalized spacial score (nSPS) is 10.3. The molecule has 0 atom stereocenters. The van der Waals surface area contributed by atoms with Crippen molar-refractivity contribution in [3.8, 4) is 10.8 Å². The Hall–Kier alpha value is -1.00. The van der Waals surface area contributed by atoms with Crippen LogP contribution >= 0.6 is 22.9 Å². The molecule has 13 heavy (non-hydrogen) atoms. The second-order valence-corrected chi connectivity index (χ2v) is 3.65. The van der Waals surface area contributed by atoms with E-state index in [9.17, 15) is 0 Å². The standard InChI is InChI=1S/C8H7ClN2OS/c1-12-6-5-10-11(8(6)9)7-3-2-4-13-7/h2-5H,1H3. The van der Waals surface area contributed by atoms with E-state index in [2.05, 4.69) is 5.10 Å². The van der Waals surface area contributed by atoms with E-state index in [4.69, 9.17) is 16.3 Å². The lowest BCUT2D eigenvalue weighted by molar-refractivity contribution is 0.415. The summed E-state index contributed by atoms with van der Waals surface area (Å²) in [6.45, 7) is 0. The Morgan fingerprint density at radius 3 is 3.00 bits per heavy atom. The molecule has 0 fully saturated rings. The van der Waals surface area contributed by atoms with E-state index < -0.39 is 0 Å². The first-order valence-corrected chi connectivity index (χ1v) is 4.90. The fraction of sp³-hybridized carbons (Fsp3) is 0.125. The van der Waals surface area contributed by atoms with Crippen molar-refractivity contribution in [3.63, 3.8) is 0 Å². The molecule has 0 aromatic carbocycles. The van der Waals surface area contributed by atoms with Crippen LogP contribution in [0.1, 0.15) is 0 Å². The van der Waals surface area contributed by atoms with Gasteiger partial charge in [0, 0.05) is 0 Å². The van der Waals surface area contributed by atoms with Gasteiger partial charge in [0.2, 0.25) is 0 Å². The summed E-state index contributed by atoms with van der Waals surface area (Å²) >= 11 is 7.57. The fourth-order valence-corrected chi connectivity index (χ4v) is 2.00. The first-order valence-electron chi connectivity index (χ1n) is 3.64. The number of rotatable bonds is 2. The van der Waals surface area contributed by atoms with Gasteiger partial charge < -0.3 is 4.74 Å². The monoisotopic (exact) mass is 214 g/mol. The maximum atomic E-state index is 6.00. The summed E-state index contributed by atoms with van der Waals surface area (Å²) in [5, 5.41) is 7.56. The van der Waals surface area contributed by atoms with Crippen molar-refractivity contribution >= 4 is 22.9 Å². The molecule has 0 bridgehead atoms. The molecule has 0 spiro atoms. The predicted octanol–water partition coefficient (Wildman–Crippen LogP) is 2.60. The summed E-state index contributed by atoms with van der Waals surface area (Å²) in [4.78, 5) is 0. The van der Waals surface area contributed by atoms with E-state index in [1.807, 2.05) is 17.5 Å². The third-order valence-corrected chi connectivity index (χ3v) is 2.80. The number of halogens is 1. The van der Waals surface area contributed by atoms with Crippen LogP contribution in [0.3, 0.4) is 0 Å². The molecule has 68 valence electrons. The molecule has 3 nitrogen and oxygen atoms in total. The highest BCUT2D eigenvalue weighted by Gasteiger charge is 2.10. The molecule has 0 aliphatic heterocycles. The summed E-state index contributed by atoms with van der Waals surface area (Å²) in [6.07, 6.45) is 1.60. The molecule has 5 heteroatoms. The molecule has 0 unspecified atom stereocenters. The van der Waals surface area contributed by atoms with Crippen molar-refractivity contribution in [2.45, 2.75) is 0 Å². The molecule has 0 radical (unpaired) electrons. The largest absolute Gasteiger partial charge is 0.492 e.